The minimum atomic E-state index is -0.555. The number of benzene rings is 2. The van der Waals surface area contributed by atoms with Crippen LogP contribution < -0.4 is 10.6 Å². The lowest BCUT2D eigenvalue weighted by Gasteiger charge is -2.21. The highest BCUT2D eigenvalue weighted by molar-refractivity contribution is 6.14. The predicted octanol–water partition coefficient (Wildman–Crippen LogP) is 4.77. The Morgan fingerprint density at radius 3 is 2.62 bits per heavy atom. The fourth-order valence-corrected chi connectivity index (χ4v) is 3.88. The summed E-state index contributed by atoms with van der Waals surface area (Å²) >= 11 is 0. The van der Waals surface area contributed by atoms with E-state index < -0.39 is 5.82 Å². The van der Waals surface area contributed by atoms with Crippen molar-refractivity contribution in [2.24, 2.45) is 0 Å². The van der Waals surface area contributed by atoms with Gasteiger partial charge in [-0.3, -0.25) is 14.6 Å². The first-order valence-electron chi connectivity index (χ1n) is 9.73. The van der Waals surface area contributed by atoms with Crippen molar-refractivity contribution >= 4 is 34.1 Å². The van der Waals surface area contributed by atoms with E-state index in [2.05, 4.69) is 10.6 Å². The second kappa shape index (κ2) is 7.62. The number of aryl methyl sites for hydroxylation is 2. The van der Waals surface area contributed by atoms with Crippen molar-refractivity contribution in [2.75, 3.05) is 10.6 Å². The molecule has 2 amide bonds. The van der Waals surface area contributed by atoms with Crippen LogP contribution in [0.15, 0.2) is 36.4 Å². The number of carbonyl (C=O) groups excluding carboxylic acids is 2. The summed E-state index contributed by atoms with van der Waals surface area (Å²) in [5, 5.41) is 6.14. The summed E-state index contributed by atoms with van der Waals surface area (Å²) in [6.45, 7) is 3.29. The molecule has 0 atom stereocenters. The Bertz CT molecular complexity index is 1140. The van der Waals surface area contributed by atoms with Gasteiger partial charge in [0.1, 0.15) is 5.82 Å². The summed E-state index contributed by atoms with van der Waals surface area (Å²) in [6, 6.07) is 10.1. The number of fused-ring (bicyclic) bond motifs is 2. The molecule has 6 heteroatoms. The number of pyridine rings is 1. The van der Waals surface area contributed by atoms with E-state index in [1.165, 1.54) is 25.1 Å². The molecule has 0 saturated carbocycles. The van der Waals surface area contributed by atoms with Crippen LogP contribution in [0.5, 0.6) is 0 Å². The van der Waals surface area contributed by atoms with Gasteiger partial charge in [0.2, 0.25) is 5.91 Å². The minimum absolute atomic E-state index is 0.0350. The Labute approximate surface area is 168 Å². The average Bonchev–Trinajstić information content (AvgIpc) is 2.68. The van der Waals surface area contributed by atoms with Gasteiger partial charge in [0.15, 0.2) is 0 Å². The summed E-state index contributed by atoms with van der Waals surface area (Å²) in [7, 11) is 0. The van der Waals surface area contributed by atoms with Gasteiger partial charge >= 0.3 is 0 Å². The molecule has 0 aliphatic heterocycles. The Kier molecular flexibility index (Phi) is 5.01. The first-order valence-corrected chi connectivity index (χ1v) is 9.73. The van der Waals surface area contributed by atoms with Crippen LogP contribution in [0.4, 0.5) is 15.8 Å². The van der Waals surface area contributed by atoms with Gasteiger partial charge in [0, 0.05) is 23.7 Å². The van der Waals surface area contributed by atoms with Gasteiger partial charge in [-0.05, 0) is 68.5 Å². The molecule has 0 spiro atoms. The number of rotatable bonds is 3. The highest BCUT2D eigenvalue weighted by Gasteiger charge is 2.23. The van der Waals surface area contributed by atoms with E-state index in [0.717, 1.165) is 53.4 Å². The third kappa shape index (κ3) is 3.83. The van der Waals surface area contributed by atoms with E-state index in [1.807, 2.05) is 25.1 Å². The van der Waals surface area contributed by atoms with Crippen LogP contribution in [0.1, 0.15) is 46.9 Å². The molecule has 0 saturated heterocycles. The molecule has 3 aromatic rings. The largest absolute Gasteiger partial charge is 0.324 e. The van der Waals surface area contributed by atoms with Crippen molar-refractivity contribution in [1.29, 1.82) is 0 Å². The number of amides is 2. The summed E-state index contributed by atoms with van der Waals surface area (Å²) in [5.41, 5.74) is 4.93. The Hall–Kier alpha value is -3.28. The molecule has 4 rings (SSSR count). The van der Waals surface area contributed by atoms with Crippen LogP contribution >= 0.6 is 0 Å². The van der Waals surface area contributed by atoms with Crippen molar-refractivity contribution in [2.45, 2.75) is 39.5 Å². The quantitative estimate of drug-likeness (QED) is 0.675. The van der Waals surface area contributed by atoms with Crippen LogP contribution in [0.3, 0.4) is 0 Å². The monoisotopic (exact) mass is 391 g/mol. The number of carbonyl (C=O) groups is 2. The fraction of sp³-hybridized carbons (Fsp3) is 0.261. The maximum Gasteiger partial charge on any atom is 0.256 e. The third-order valence-electron chi connectivity index (χ3n) is 5.18. The highest BCUT2D eigenvalue weighted by Crippen LogP contribution is 2.31. The Morgan fingerprint density at radius 2 is 1.83 bits per heavy atom. The lowest BCUT2D eigenvalue weighted by Crippen LogP contribution is -2.19. The van der Waals surface area contributed by atoms with Gasteiger partial charge < -0.3 is 10.6 Å². The molecular weight excluding hydrogens is 369 g/mol. The summed E-state index contributed by atoms with van der Waals surface area (Å²) in [4.78, 5) is 29.4. The molecule has 0 radical (unpaired) electrons. The van der Waals surface area contributed by atoms with Gasteiger partial charge in [0.05, 0.1) is 16.8 Å². The molecule has 2 aromatic carbocycles. The van der Waals surface area contributed by atoms with Gasteiger partial charge in [-0.25, -0.2) is 4.39 Å². The lowest BCUT2D eigenvalue weighted by atomic mass is 9.89. The topological polar surface area (TPSA) is 71.1 Å². The average molecular weight is 391 g/mol. The summed E-state index contributed by atoms with van der Waals surface area (Å²) < 4.78 is 13.9. The van der Waals surface area contributed by atoms with Crippen molar-refractivity contribution in [3.63, 3.8) is 0 Å². The first kappa shape index (κ1) is 19.1. The molecule has 1 aliphatic rings. The van der Waals surface area contributed by atoms with Crippen molar-refractivity contribution < 1.29 is 14.0 Å². The fourth-order valence-electron chi connectivity index (χ4n) is 3.88. The molecule has 1 aliphatic carbocycles. The predicted molar refractivity (Wildman–Crippen MR) is 112 cm³/mol. The standard InChI is InChI=1S/C23H22FN3O2/c1-13-7-10-20-17(11-13)22(16-5-3-4-6-19(16)27-20)23(29)26-15-8-9-18(24)21(12-15)25-14(2)28/h7-12H,3-6H2,1-2H3,(H,25,28)(H,26,29). The smallest absolute Gasteiger partial charge is 0.256 e. The van der Waals surface area contributed by atoms with Crippen molar-refractivity contribution in [1.82, 2.24) is 4.98 Å². The molecule has 0 bridgehead atoms. The highest BCUT2D eigenvalue weighted by atomic mass is 19.1. The molecule has 1 aromatic heterocycles. The zero-order valence-electron chi connectivity index (χ0n) is 16.4. The molecule has 0 fully saturated rings. The summed E-state index contributed by atoms with van der Waals surface area (Å²) in [6.07, 6.45) is 3.77. The zero-order chi connectivity index (χ0) is 20.5. The van der Waals surface area contributed by atoms with E-state index in [9.17, 15) is 14.0 Å². The minimum Gasteiger partial charge on any atom is -0.324 e. The Morgan fingerprint density at radius 1 is 1.03 bits per heavy atom. The Balaban J connectivity index is 1.77. The lowest BCUT2D eigenvalue weighted by molar-refractivity contribution is -0.114. The van der Waals surface area contributed by atoms with Crippen LogP contribution in [-0.2, 0) is 17.6 Å². The van der Waals surface area contributed by atoms with Crippen LogP contribution in [0.25, 0.3) is 10.9 Å². The molecule has 148 valence electrons. The molecule has 29 heavy (non-hydrogen) atoms. The van der Waals surface area contributed by atoms with E-state index in [0.29, 0.717) is 11.3 Å². The van der Waals surface area contributed by atoms with E-state index in [4.69, 9.17) is 4.98 Å². The second-order valence-corrected chi connectivity index (χ2v) is 7.47. The van der Waals surface area contributed by atoms with E-state index >= 15 is 0 Å². The maximum atomic E-state index is 13.9. The van der Waals surface area contributed by atoms with E-state index in [1.54, 1.807) is 0 Å². The number of aromatic nitrogens is 1. The number of anilines is 2. The molecule has 0 unspecified atom stereocenters. The first-order chi connectivity index (χ1) is 13.9. The van der Waals surface area contributed by atoms with Crippen molar-refractivity contribution in [3.05, 3.63) is 64.6 Å². The van der Waals surface area contributed by atoms with Gasteiger partial charge in [-0.15, -0.1) is 0 Å². The summed E-state index contributed by atoms with van der Waals surface area (Å²) in [5.74, 6) is -1.18. The SMILES string of the molecule is CC(=O)Nc1cc(NC(=O)c2c3c(nc4ccc(C)cc24)CCCC3)ccc1F. The number of nitrogens with zero attached hydrogens (tertiary/aromatic N) is 1. The van der Waals surface area contributed by atoms with Crippen LogP contribution in [-0.4, -0.2) is 16.8 Å². The van der Waals surface area contributed by atoms with Crippen LogP contribution in [0, 0.1) is 12.7 Å². The number of nitrogens with one attached hydrogen (secondary N) is 2. The van der Waals surface area contributed by atoms with Gasteiger partial charge in [-0.1, -0.05) is 11.6 Å². The van der Waals surface area contributed by atoms with E-state index in [-0.39, 0.29) is 17.5 Å². The normalized spacial score (nSPS) is 13.1. The number of halogens is 1. The van der Waals surface area contributed by atoms with Gasteiger partial charge in [-0.2, -0.15) is 0 Å². The second-order valence-electron chi connectivity index (χ2n) is 7.47. The molecule has 5 nitrogen and oxygen atoms in total. The molecule has 2 N–H and O–H groups in total. The van der Waals surface area contributed by atoms with Crippen LogP contribution in [0.2, 0.25) is 0 Å². The maximum absolute atomic E-state index is 13.9. The zero-order valence-corrected chi connectivity index (χ0v) is 16.4. The molecule has 1 heterocycles. The van der Waals surface area contributed by atoms with Gasteiger partial charge in [0.25, 0.3) is 5.91 Å². The number of hydrogen-bond donors (Lipinski definition) is 2. The molecular formula is C23H22FN3O2. The van der Waals surface area contributed by atoms with Crippen molar-refractivity contribution in [3.8, 4) is 0 Å². The number of hydrogen-bond acceptors (Lipinski definition) is 3. The third-order valence-corrected chi connectivity index (χ3v) is 5.18.